The van der Waals surface area contributed by atoms with E-state index in [9.17, 15) is 0 Å². The smallest absolute Gasteiger partial charge is 0.116 e. The van der Waals surface area contributed by atoms with Crippen molar-refractivity contribution in [3.63, 3.8) is 0 Å². The Hall–Kier alpha value is -6.12. The molecule has 46 heavy (non-hydrogen) atoms. The van der Waals surface area contributed by atoms with E-state index in [1.165, 1.54) is 54.7 Å². The molecule has 2 heteroatoms. The van der Waals surface area contributed by atoms with Gasteiger partial charge in [0.15, 0.2) is 0 Å². The highest BCUT2D eigenvalue weighted by Crippen LogP contribution is 2.46. The van der Waals surface area contributed by atoms with E-state index in [2.05, 4.69) is 163 Å². The molecule has 1 heterocycles. The van der Waals surface area contributed by atoms with Gasteiger partial charge >= 0.3 is 0 Å². The molecular formula is C44H28N2. The molecule has 0 spiro atoms. The van der Waals surface area contributed by atoms with E-state index >= 15 is 0 Å². The molecule has 8 aromatic carbocycles. The van der Waals surface area contributed by atoms with E-state index in [1.54, 1.807) is 6.33 Å². The molecule has 9 aromatic rings. The van der Waals surface area contributed by atoms with Crippen LogP contribution in [0.15, 0.2) is 170 Å². The lowest BCUT2D eigenvalue weighted by molar-refractivity contribution is 1.23. The summed E-state index contributed by atoms with van der Waals surface area (Å²) in [5.74, 6) is 0. The van der Waals surface area contributed by atoms with Crippen molar-refractivity contribution in [2.24, 2.45) is 0 Å². The normalized spacial score (nSPS) is 11.5. The lowest BCUT2D eigenvalue weighted by Crippen LogP contribution is -1.94. The Bertz CT molecular complexity index is 2500. The van der Waals surface area contributed by atoms with Crippen LogP contribution in [0.1, 0.15) is 0 Å². The average Bonchev–Trinajstić information content (AvgIpc) is 3.14. The van der Waals surface area contributed by atoms with Crippen LogP contribution in [0.3, 0.4) is 0 Å². The van der Waals surface area contributed by atoms with E-state index in [0.29, 0.717) is 0 Å². The second kappa shape index (κ2) is 10.8. The first-order valence-electron chi connectivity index (χ1n) is 15.7. The quantitative estimate of drug-likeness (QED) is 0.152. The molecule has 0 radical (unpaired) electrons. The van der Waals surface area contributed by atoms with Crippen LogP contribution >= 0.6 is 0 Å². The maximum Gasteiger partial charge on any atom is 0.116 e. The third-order valence-corrected chi connectivity index (χ3v) is 9.20. The summed E-state index contributed by atoms with van der Waals surface area (Å²) < 4.78 is 0. The van der Waals surface area contributed by atoms with Gasteiger partial charge in [-0.15, -0.1) is 0 Å². The maximum atomic E-state index is 4.85. The minimum absolute atomic E-state index is 0.965. The van der Waals surface area contributed by atoms with Crippen molar-refractivity contribution in [1.29, 1.82) is 0 Å². The Morgan fingerprint density at radius 2 is 0.652 bits per heavy atom. The number of hydrogen-bond donors (Lipinski definition) is 0. The Balaban J connectivity index is 1.31. The summed E-state index contributed by atoms with van der Waals surface area (Å²) in [4.78, 5) is 9.26. The zero-order valence-electron chi connectivity index (χ0n) is 25.1. The third kappa shape index (κ3) is 4.12. The van der Waals surface area contributed by atoms with Gasteiger partial charge in [-0.25, -0.2) is 9.97 Å². The molecule has 0 aliphatic heterocycles. The van der Waals surface area contributed by atoms with E-state index in [1.807, 2.05) is 6.20 Å². The molecule has 0 bridgehead atoms. The summed E-state index contributed by atoms with van der Waals surface area (Å²) >= 11 is 0. The monoisotopic (exact) mass is 584 g/mol. The molecule has 214 valence electrons. The lowest BCUT2D eigenvalue weighted by atomic mass is 9.84. The van der Waals surface area contributed by atoms with Crippen LogP contribution in [0.5, 0.6) is 0 Å². The van der Waals surface area contributed by atoms with Crippen molar-refractivity contribution < 1.29 is 0 Å². The molecule has 0 unspecified atom stereocenters. The summed E-state index contributed by atoms with van der Waals surface area (Å²) in [5, 5.41) is 8.45. The fraction of sp³-hybridized carbons (Fsp3) is 0. The molecule has 2 nitrogen and oxygen atoms in total. The molecule has 0 saturated heterocycles. The number of nitrogens with zero attached hydrogens (tertiary/aromatic N) is 2. The first-order chi connectivity index (χ1) is 22.9. The molecule has 0 N–H and O–H groups in total. The SMILES string of the molecule is c1ccc(-c2c3ccccc3c(-c3ccc(-c4c(-c5ccccc5)c5ncncc5c5ccccc45)cc3)c3ccccc23)cc1. The minimum Gasteiger partial charge on any atom is -0.244 e. The van der Waals surface area contributed by atoms with Crippen molar-refractivity contribution in [1.82, 2.24) is 9.97 Å². The van der Waals surface area contributed by atoms with Gasteiger partial charge in [0.25, 0.3) is 0 Å². The zero-order chi connectivity index (χ0) is 30.5. The van der Waals surface area contributed by atoms with Crippen LogP contribution in [0, 0.1) is 0 Å². The van der Waals surface area contributed by atoms with Gasteiger partial charge in [-0.1, -0.05) is 158 Å². The maximum absolute atomic E-state index is 4.85. The van der Waals surface area contributed by atoms with Gasteiger partial charge in [0.05, 0.1) is 5.52 Å². The van der Waals surface area contributed by atoms with Crippen LogP contribution in [0.25, 0.3) is 87.7 Å². The second-order valence-electron chi connectivity index (χ2n) is 11.7. The first-order valence-corrected chi connectivity index (χ1v) is 15.7. The molecule has 1 aromatic heterocycles. The first kappa shape index (κ1) is 26.3. The van der Waals surface area contributed by atoms with Crippen molar-refractivity contribution in [2.45, 2.75) is 0 Å². The molecule has 0 saturated carbocycles. The van der Waals surface area contributed by atoms with Crippen LogP contribution in [0.4, 0.5) is 0 Å². The Morgan fingerprint density at radius 1 is 0.283 bits per heavy atom. The minimum atomic E-state index is 0.965. The second-order valence-corrected chi connectivity index (χ2v) is 11.7. The predicted octanol–water partition coefficient (Wildman–Crippen LogP) is 11.8. The van der Waals surface area contributed by atoms with Gasteiger partial charge in [-0.2, -0.15) is 0 Å². The topological polar surface area (TPSA) is 25.8 Å². The van der Waals surface area contributed by atoms with Crippen LogP contribution < -0.4 is 0 Å². The predicted molar refractivity (Wildman–Crippen MR) is 194 cm³/mol. The number of aromatic nitrogens is 2. The Morgan fingerprint density at radius 3 is 1.15 bits per heavy atom. The van der Waals surface area contributed by atoms with Crippen LogP contribution in [0.2, 0.25) is 0 Å². The standard InChI is InChI=1S/C44H28N2/c1-3-13-29(14-4-1)40-35-19-9-11-21-37(35)41(38-22-12-10-20-36(38)40)31-23-25-32(26-24-31)42-34-18-8-7-17-33(34)39-27-45-28-46-44(39)43(42)30-15-5-2-6-16-30/h1-28H. The zero-order valence-corrected chi connectivity index (χ0v) is 25.1. The molecule has 0 aliphatic rings. The highest BCUT2D eigenvalue weighted by atomic mass is 14.8. The summed E-state index contributed by atoms with van der Waals surface area (Å²) in [6, 6.07) is 56.8. The molecule has 0 atom stereocenters. The Labute approximate surface area is 267 Å². The highest BCUT2D eigenvalue weighted by Gasteiger charge is 2.20. The Kier molecular flexibility index (Phi) is 6.17. The molecule has 0 aliphatic carbocycles. The van der Waals surface area contributed by atoms with Gasteiger partial charge in [0, 0.05) is 17.1 Å². The number of hydrogen-bond acceptors (Lipinski definition) is 2. The fourth-order valence-corrected chi connectivity index (χ4v) is 7.26. The van der Waals surface area contributed by atoms with E-state index in [0.717, 1.165) is 33.0 Å². The van der Waals surface area contributed by atoms with Gasteiger partial charge < -0.3 is 0 Å². The number of rotatable bonds is 4. The van der Waals surface area contributed by atoms with Crippen LogP contribution in [-0.4, -0.2) is 9.97 Å². The third-order valence-electron chi connectivity index (χ3n) is 9.20. The highest BCUT2D eigenvalue weighted by molar-refractivity contribution is 6.22. The summed E-state index contributed by atoms with van der Waals surface area (Å²) in [6.45, 7) is 0. The van der Waals surface area contributed by atoms with Gasteiger partial charge in [-0.3, -0.25) is 0 Å². The van der Waals surface area contributed by atoms with E-state index < -0.39 is 0 Å². The summed E-state index contributed by atoms with van der Waals surface area (Å²) in [5.41, 5.74) is 10.6. The van der Waals surface area contributed by atoms with Crippen molar-refractivity contribution in [3.8, 4) is 44.5 Å². The molecular weight excluding hydrogens is 556 g/mol. The fourth-order valence-electron chi connectivity index (χ4n) is 7.26. The number of fused-ring (bicyclic) bond motifs is 5. The largest absolute Gasteiger partial charge is 0.244 e. The molecule has 9 rings (SSSR count). The summed E-state index contributed by atoms with van der Waals surface area (Å²) in [7, 11) is 0. The van der Waals surface area contributed by atoms with E-state index in [-0.39, 0.29) is 0 Å². The van der Waals surface area contributed by atoms with Crippen molar-refractivity contribution >= 4 is 43.2 Å². The summed E-state index contributed by atoms with van der Waals surface area (Å²) in [6.07, 6.45) is 3.60. The van der Waals surface area contributed by atoms with Gasteiger partial charge in [0.2, 0.25) is 0 Å². The van der Waals surface area contributed by atoms with Gasteiger partial charge in [-0.05, 0) is 71.3 Å². The van der Waals surface area contributed by atoms with Gasteiger partial charge in [0.1, 0.15) is 6.33 Å². The van der Waals surface area contributed by atoms with Crippen molar-refractivity contribution in [3.05, 3.63) is 170 Å². The average molecular weight is 585 g/mol. The molecule has 0 amide bonds. The van der Waals surface area contributed by atoms with Crippen molar-refractivity contribution in [2.75, 3.05) is 0 Å². The molecule has 0 fully saturated rings. The van der Waals surface area contributed by atoms with E-state index in [4.69, 9.17) is 4.98 Å². The number of benzene rings is 8. The van der Waals surface area contributed by atoms with Crippen LogP contribution in [-0.2, 0) is 0 Å². The lowest BCUT2D eigenvalue weighted by Gasteiger charge is -2.19.